The van der Waals surface area contributed by atoms with Crippen molar-refractivity contribution in [2.75, 3.05) is 0 Å². The summed E-state index contributed by atoms with van der Waals surface area (Å²) >= 11 is 3.44. The Morgan fingerprint density at radius 3 is 2.60 bits per heavy atom. The predicted octanol–water partition coefficient (Wildman–Crippen LogP) is 4.07. The van der Waals surface area contributed by atoms with Crippen LogP contribution in [-0.4, -0.2) is 5.91 Å². The van der Waals surface area contributed by atoms with E-state index in [1.807, 2.05) is 36.4 Å². The third-order valence-electron chi connectivity index (χ3n) is 3.24. The van der Waals surface area contributed by atoms with Gasteiger partial charge in [-0.25, -0.2) is 0 Å². The number of aryl methyl sites for hydroxylation is 1. The summed E-state index contributed by atoms with van der Waals surface area (Å²) in [5, 5.41) is 3.81. The summed E-state index contributed by atoms with van der Waals surface area (Å²) in [6.07, 6.45) is 0.864. The van der Waals surface area contributed by atoms with Crippen LogP contribution in [0, 0.1) is 0 Å². The Labute approximate surface area is 128 Å². The van der Waals surface area contributed by atoms with Gasteiger partial charge in [-0.2, -0.15) is 0 Å². The molecule has 2 rings (SSSR count). The molecule has 0 bridgehead atoms. The van der Waals surface area contributed by atoms with Gasteiger partial charge in [-0.15, -0.1) is 0 Å². The van der Waals surface area contributed by atoms with Gasteiger partial charge in [0, 0.05) is 17.4 Å². The SMILES string of the molecule is CCc1ccccc1C(=O)NCc1cccc(CBr)c1. The number of nitrogens with one attached hydrogen (secondary N) is 1. The average Bonchev–Trinajstić information content (AvgIpc) is 2.52. The monoisotopic (exact) mass is 331 g/mol. The molecule has 0 saturated heterocycles. The molecule has 2 nitrogen and oxygen atoms in total. The fourth-order valence-electron chi connectivity index (χ4n) is 2.15. The first-order valence-corrected chi connectivity index (χ1v) is 7.86. The van der Waals surface area contributed by atoms with E-state index in [-0.39, 0.29) is 5.91 Å². The predicted molar refractivity (Wildman–Crippen MR) is 86.1 cm³/mol. The van der Waals surface area contributed by atoms with E-state index in [1.165, 1.54) is 5.56 Å². The molecule has 3 heteroatoms. The number of benzene rings is 2. The van der Waals surface area contributed by atoms with Gasteiger partial charge in [-0.05, 0) is 29.2 Å². The molecule has 0 aliphatic carbocycles. The topological polar surface area (TPSA) is 29.1 Å². The lowest BCUT2D eigenvalue weighted by molar-refractivity contribution is 0.0950. The number of rotatable bonds is 5. The molecule has 2 aromatic rings. The summed E-state index contributed by atoms with van der Waals surface area (Å²) in [5.41, 5.74) is 4.18. The molecule has 0 unspecified atom stereocenters. The Balaban J connectivity index is 2.04. The van der Waals surface area contributed by atoms with Crippen molar-refractivity contribution in [3.63, 3.8) is 0 Å². The van der Waals surface area contributed by atoms with Crippen molar-refractivity contribution in [3.05, 3.63) is 70.8 Å². The molecule has 0 aliphatic rings. The molecule has 1 N–H and O–H groups in total. The van der Waals surface area contributed by atoms with Crippen LogP contribution in [0.3, 0.4) is 0 Å². The van der Waals surface area contributed by atoms with Crippen molar-refractivity contribution in [2.45, 2.75) is 25.2 Å². The van der Waals surface area contributed by atoms with E-state index in [2.05, 4.69) is 40.3 Å². The molecular formula is C17H18BrNO. The lowest BCUT2D eigenvalue weighted by atomic mass is 10.0. The fraction of sp³-hybridized carbons (Fsp3) is 0.235. The average molecular weight is 332 g/mol. The number of hydrogen-bond acceptors (Lipinski definition) is 1. The molecule has 20 heavy (non-hydrogen) atoms. The first kappa shape index (κ1) is 14.8. The highest BCUT2D eigenvalue weighted by Crippen LogP contribution is 2.11. The van der Waals surface area contributed by atoms with Crippen LogP contribution in [0.5, 0.6) is 0 Å². The zero-order chi connectivity index (χ0) is 14.4. The van der Waals surface area contributed by atoms with Crippen LogP contribution in [0.2, 0.25) is 0 Å². The summed E-state index contributed by atoms with van der Waals surface area (Å²) in [5.74, 6) is -0.00769. The maximum Gasteiger partial charge on any atom is 0.251 e. The lowest BCUT2D eigenvalue weighted by Crippen LogP contribution is -2.23. The number of carbonyl (C=O) groups is 1. The van der Waals surface area contributed by atoms with Crippen molar-refractivity contribution < 1.29 is 4.79 Å². The smallest absolute Gasteiger partial charge is 0.251 e. The number of alkyl halides is 1. The van der Waals surface area contributed by atoms with Crippen LogP contribution >= 0.6 is 15.9 Å². The third kappa shape index (κ3) is 3.70. The first-order chi connectivity index (χ1) is 9.74. The zero-order valence-electron chi connectivity index (χ0n) is 11.5. The van der Waals surface area contributed by atoms with Gasteiger partial charge in [-0.3, -0.25) is 4.79 Å². The number of carbonyl (C=O) groups excluding carboxylic acids is 1. The van der Waals surface area contributed by atoms with E-state index in [0.717, 1.165) is 28.4 Å². The zero-order valence-corrected chi connectivity index (χ0v) is 13.1. The highest BCUT2D eigenvalue weighted by molar-refractivity contribution is 9.08. The van der Waals surface area contributed by atoms with Crippen LogP contribution in [-0.2, 0) is 18.3 Å². The molecule has 1 amide bonds. The Morgan fingerprint density at radius 1 is 1.10 bits per heavy atom. The molecule has 0 saturated carbocycles. The molecule has 0 radical (unpaired) electrons. The van der Waals surface area contributed by atoms with Crippen LogP contribution in [0.4, 0.5) is 0 Å². The van der Waals surface area contributed by atoms with Gasteiger partial charge in [-0.1, -0.05) is 65.3 Å². The quantitative estimate of drug-likeness (QED) is 0.822. The molecule has 0 fully saturated rings. The van der Waals surface area contributed by atoms with E-state index in [4.69, 9.17) is 0 Å². The molecule has 0 spiro atoms. The summed E-state index contributed by atoms with van der Waals surface area (Å²) < 4.78 is 0. The summed E-state index contributed by atoms with van der Waals surface area (Å²) in [6.45, 7) is 2.61. The third-order valence-corrected chi connectivity index (χ3v) is 3.89. The van der Waals surface area contributed by atoms with Crippen LogP contribution in [0.25, 0.3) is 0 Å². The second-order valence-corrected chi connectivity index (χ2v) is 5.21. The second-order valence-electron chi connectivity index (χ2n) is 4.65. The van der Waals surface area contributed by atoms with Crippen LogP contribution in [0.15, 0.2) is 48.5 Å². The standard InChI is InChI=1S/C17H18BrNO/c1-2-15-8-3-4-9-16(15)17(20)19-12-14-7-5-6-13(10-14)11-18/h3-10H,2,11-12H2,1H3,(H,19,20). The maximum absolute atomic E-state index is 12.2. The molecule has 0 heterocycles. The number of amides is 1. The Kier molecular flexibility index (Phi) is 5.36. The van der Waals surface area contributed by atoms with Crippen molar-refractivity contribution in [1.82, 2.24) is 5.32 Å². The summed E-state index contributed by atoms with van der Waals surface area (Å²) in [6, 6.07) is 15.9. The van der Waals surface area contributed by atoms with Crippen molar-refractivity contribution in [3.8, 4) is 0 Å². The molecule has 0 aliphatic heterocycles. The van der Waals surface area contributed by atoms with E-state index in [1.54, 1.807) is 0 Å². The molecule has 0 atom stereocenters. The molecular weight excluding hydrogens is 314 g/mol. The maximum atomic E-state index is 12.2. The van der Waals surface area contributed by atoms with Gasteiger partial charge in [0.2, 0.25) is 0 Å². The largest absolute Gasteiger partial charge is 0.348 e. The van der Waals surface area contributed by atoms with E-state index in [9.17, 15) is 4.79 Å². The van der Waals surface area contributed by atoms with Gasteiger partial charge < -0.3 is 5.32 Å². The van der Waals surface area contributed by atoms with E-state index < -0.39 is 0 Å². The highest BCUT2D eigenvalue weighted by Gasteiger charge is 2.09. The Bertz CT molecular complexity index is 595. The van der Waals surface area contributed by atoms with Gasteiger partial charge in [0.05, 0.1) is 0 Å². The number of halogens is 1. The summed E-state index contributed by atoms with van der Waals surface area (Å²) in [7, 11) is 0. The Hall–Kier alpha value is -1.61. The van der Waals surface area contributed by atoms with Gasteiger partial charge >= 0.3 is 0 Å². The van der Waals surface area contributed by atoms with Gasteiger partial charge in [0.25, 0.3) is 5.91 Å². The van der Waals surface area contributed by atoms with E-state index >= 15 is 0 Å². The number of hydrogen-bond donors (Lipinski definition) is 1. The normalized spacial score (nSPS) is 10.3. The fourth-order valence-corrected chi connectivity index (χ4v) is 2.50. The Morgan fingerprint density at radius 2 is 1.85 bits per heavy atom. The molecule has 104 valence electrons. The van der Waals surface area contributed by atoms with E-state index in [0.29, 0.717) is 6.54 Å². The minimum Gasteiger partial charge on any atom is -0.348 e. The highest BCUT2D eigenvalue weighted by atomic mass is 79.9. The van der Waals surface area contributed by atoms with Crippen molar-refractivity contribution >= 4 is 21.8 Å². The molecule has 2 aromatic carbocycles. The minimum absolute atomic E-state index is 0.00769. The van der Waals surface area contributed by atoms with Crippen LogP contribution in [0.1, 0.15) is 34.0 Å². The lowest BCUT2D eigenvalue weighted by Gasteiger charge is -2.09. The van der Waals surface area contributed by atoms with Gasteiger partial charge in [0.1, 0.15) is 0 Å². The summed E-state index contributed by atoms with van der Waals surface area (Å²) in [4.78, 5) is 12.2. The molecule has 0 aromatic heterocycles. The minimum atomic E-state index is -0.00769. The van der Waals surface area contributed by atoms with Crippen LogP contribution < -0.4 is 5.32 Å². The first-order valence-electron chi connectivity index (χ1n) is 6.74. The van der Waals surface area contributed by atoms with Gasteiger partial charge in [0.15, 0.2) is 0 Å². The second kappa shape index (κ2) is 7.25. The van der Waals surface area contributed by atoms with Crippen molar-refractivity contribution in [2.24, 2.45) is 0 Å². The van der Waals surface area contributed by atoms with Crippen molar-refractivity contribution in [1.29, 1.82) is 0 Å².